The quantitative estimate of drug-likeness (QED) is 0.0626. The van der Waals surface area contributed by atoms with E-state index in [1.165, 1.54) is 4.90 Å². The lowest BCUT2D eigenvalue weighted by Gasteiger charge is -2.44. The van der Waals surface area contributed by atoms with Gasteiger partial charge in [0.1, 0.15) is 5.75 Å². The van der Waals surface area contributed by atoms with Gasteiger partial charge in [0.15, 0.2) is 0 Å². The summed E-state index contributed by atoms with van der Waals surface area (Å²) in [6, 6.07) is 40.3. The Hall–Kier alpha value is -4.97. The summed E-state index contributed by atoms with van der Waals surface area (Å²) in [6.45, 7) is 6.25. The number of hydrogen-bond acceptors (Lipinski definition) is 7. The molecule has 298 valence electrons. The first-order valence-corrected chi connectivity index (χ1v) is 22.4. The second-order valence-corrected chi connectivity index (χ2v) is 21.3. The average molecular weight is 858 g/mol. The zero-order chi connectivity index (χ0) is 41.0. The van der Waals surface area contributed by atoms with Crippen LogP contribution in [0.3, 0.4) is 0 Å². The molecule has 2 aliphatic rings. The molecule has 0 unspecified atom stereocenters. The Labute approximate surface area is 349 Å². The van der Waals surface area contributed by atoms with Crippen LogP contribution >= 0.6 is 15.9 Å². The number of aromatic nitrogens is 1. The summed E-state index contributed by atoms with van der Waals surface area (Å²) in [5, 5.41) is 36.3. The second kappa shape index (κ2) is 17.5. The summed E-state index contributed by atoms with van der Waals surface area (Å²) in [7, 11) is -3.08. The zero-order valence-electron chi connectivity index (χ0n) is 33.0. The summed E-state index contributed by atoms with van der Waals surface area (Å²) >= 11 is 3.51. The normalized spacial score (nSPS) is 19.4. The van der Waals surface area contributed by atoms with Crippen molar-refractivity contribution in [2.24, 2.45) is 17.8 Å². The molecule has 0 spiro atoms. The summed E-state index contributed by atoms with van der Waals surface area (Å²) in [5.74, 6) is -3.01. The molecule has 1 aliphatic heterocycles. The molecule has 1 aliphatic carbocycles. The number of nitrogens with zero attached hydrogens (tertiary/aromatic N) is 2. The van der Waals surface area contributed by atoms with E-state index in [9.17, 15) is 24.9 Å². The van der Waals surface area contributed by atoms with Gasteiger partial charge in [0.05, 0.1) is 42.5 Å². The predicted molar refractivity (Wildman–Crippen MR) is 235 cm³/mol. The Morgan fingerprint density at radius 2 is 1.52 bits per heavy atom. The Kier molecular flexibility index (Phi) is 12.4. The highest BCUT2D eigenvalue weighted by Gasteiger charge is 2.56. The van der Waals surface area contributed by atoms with E-state index in [1.54, 1.807) is 42.6 Å². The number of phenolic OH excluding ortho intramolecular Hbond substituents is 1. The number of aromatic hydroxyl groups is 1. The lowest BCUT2D eigenvalue weighted by atomic mass is 9.68. The Morgan fingerprint density at radius 3 is 2.10 bits per heavy atom. The number of rotatable bonds is 13. The van der Waals surface area contributed by atoms with Crippen LogP contribution in [0.4, 0.5) is 5.69 Å². The Morgan fingerprint density at radius 1 is 0.897 bits per heavy atom. The van der Waals surface area contributed by atoms with Gasteiger partial charge in [-0.25, -0.2) is 0 Å². The van der Waals surface area contributed by atoms with Crippen LogP contribution in [-0.2, 0) is 14.0 Å². The number of phenols is 1. The molecule has 8 nitrogen and oxygen atoms in total. The Bertz CT molecular complexity index is 2260. The van der Waals surface area contributed by atoms with Gasteiger partial charge in [-0.2, -0.15) is 0 Å². The average Bonchev–Trinajstić information content (AvgIpc) is 3.49. The molecule has 2 amide bonds. The van der Waals surface area contributed by atoms with Crippen LogP contribution in [0.25, 0.3) is 11.6 Å². The summed E-state index contributed by atoms with van der Waals surface area (Å²) in [6.07, 6.45) is 3.24. The summed E-state index contributed by atoms with van der Waals surface area (Å²) < 4.78 is 8.23. The molecule has 0 radical (unpaired) electrons. The number of fused-ring (bicyclic) bond motifs is 1. The van der Waals surface area contributed by atoms with Crippen molar-refractivity contribution in [3.8, 4) is 5.75 Å². The van der Waals surface area contributed by atoms with Gasteiger partial charge >= 0.3 is 0 Å². The first-order valence-electron chi connectivity index (χ1n) is 19.7. The SMILES string of the molecule is CC(C)(C)[Si](OCC1=C([C@H](O)CC/C(=C/c2cc(Br)ccc2O)c2ccccn2)[C@H](CO)[C@@H]2C(=O)N(c3ccccc3)C(=O)[C@@H]2C1)(c1ccccc1)c1ccccc1. The highest BCUT2D eigenvalue weighted by molar-refractivity contribution is 9.10. The highest BCUT2D eigenvalue weighted by Crippen LogP contribution is 2.48. The maximum absolute atomic E-state index is 14.3. The first-order chi connectivity index (χ1) is 27.9. The van der Waals surface area contributed by atoms with Crippen LogP contribution in [0.15, 0.2) is 149 Å². The minimum Gasteiger partial charge on any atom is -0.507 e. The number of carbonyl (C=O) groups excluding carboxylic acids is 2. The van der Waals surface area contributed by atoms with Crippen LogP contribution in [0.1, 0.15) is 51.3 Å². The number of benzene rings is 4. The van der Waals surface area contributed by atoms with Gasteiger partial charge in [0, 0.05) is 22.2 Å². The van der Waals surface area contributed by atoms with Gasteiger partial charge in [0.2, 0.25) is 11.8 Å². The molecule has 1 saturated heterocycles. The molecule has 58 heavy (non-hydrogen) atoms. The van der Waals surface area contributed by atoms with Crippen LogP contribution in [-0.4, -0.2) is 59.8 Å². The molecule has 4 aromatic carbocycles. The first kappa shape index (κ1) is 41.2. The number of halogens is 1. The molecule has 5 aromatic rings. The largest absolute Gasteiger partial charge is 0.507 e. The molecule has 3 N–H and O–H groups in total. The number of hydrogen-bond donors (Lipinski definition) is 3. The Balaban J connectivity index is 1.32. The fraction of sp³-hybridized carbons (Fsp3) is 0.271. The van der Waals surface area contributed by atoms with Crippen molar-refractivity contribution >= 4 is 63.8 Å². The van der Waals surface area contributed by atoms with Gasteiger partial charge in [0.25, 0.3) is 8.32 Å². The number of allylic oxidation sites excluding steroid dienone is 1. The molecule has 1 fully saturated rings. The molecule has 1 aromatic heterocycles. The molecule has 7 rings (SSSR count). The molecule has 10 heteroatoms. The predicted octanol–water partition coefficient (Wildman–Crippen LogP) is 7.92. The van der Waals surface area contributed by atoms with E-state index < -0.39 is 38.8 Å². The number of aliphatic hydroxyl groups excluding tert-OH is 2. The molecular formula is C48H49BrN2O6Si. The smallest absolute Gasteiger partial charge is 0.261 e. The third kappa shape index (κ3) is 8.04. The number of aliphatic hydroxyl groups is 2. The van der Waals surface area contributed by atoms with E-state index in [4.69, 9.17) is 4.43 Å². The van der Waals surface area contributed by atoms with Crippen molar-refractivity contribution in [2.45, 2.75) is 51.2 Å². The van der Waals surface area contributed by atoms with E-state index in [1.807, 2.05) is 72.8 Å². The second-order valence-electron chi connectivity index (χ2n) is 16.1. The van der Waals surface area contributed by atoms with Crippen molar-refractivity contribution in [1.29, 1.82) is 0 Å². The molecule has 0 bridgehead atoms. The molecular weight excluding hydrogens is 809 g/mol. The van der Waals surface area contributed by atoms with Crippen molar-refractivity contribution in [3.05, 3.63) is 160 Å². The third-order valence-corrected chi connectivity index (χ3v) is 17.1. The van der Waals surface area contributed by atoms with Crippen molar-refractivity contribution in [2.75, 3.05) is 18.1 Å². The summed E-state index contributed by atoms with van der Waals surface area (Å²) in [5.41, 5.74) is 3.82. The van der Waals surface area contributed by atoms with E-state index in [-0.39, 0.29) is 42.1 Å². The number of anilines is 1. The van der Waals surface area contributed by atoms with Crippen molar-refractivity contribution in [1.82, 2.24) is 4.98 Å². The monoisotopic (exact) mass is 856 g/mol. The van der Waals surface area contributed by atoms with Gasteiger partial charge < -0.3 is 19.7 Å². The minimum atomic E-state index is -3.08. The zero-order valence-corrected chi connectivity index (χ0v) is 35.5. The number of para-hydroxylation sites is 1. The van der Waals surface area contributed by atoms with E-state index >= 15 is 0 Å². The highest BCUT2D eigenvalue weighted by atomic mass is 79.9. The van der Waals surface area contributed by atoms with Crippen LogP contribution < -0.4 is 15.3 Å². The fourth-order valence-electron chi connectivity index (χ4n) is 8.98. The lowest BCUT2D eigenvalue weighted by molar-refractivity contribution is -0.123. The maximum atomic E-state index is 14.3. The van der Waals surface area contributed by atoms with Crippen molar-refractivity contribution < 1.29 is 29.3 Å². The lowest BCUT2D eigenvalue weighted by Crippen LogP contribution is -2.66. The van der Waals surface area contributed by atoms with Gasteiger partial charge in [-0.15, -0.1) is 0 Å². The van der Waals surface area contributed by atoms with Crippen LogP contribution in [0.5, 0.6) is 5.75 Å². The van der Waals surface area contributed by atoms with Crippen LogP contribution in [0.2, 0.25) is 5.04 Å². The van der Waals surface area contributed by atoms with E-state index in [0.29, 0.717) is 28.9 Å². The number of pyridine rings is 1. The van der Waals surface area contributed by atoms with Crippen LogP contribution in [0, 0.1) is 17.8 Å². The molecule has 4 atom stereocenters. The number of imide groups is 1. The summed E-state index contributed by atoms with van der Waals surface area (Å²) in [4.78, 5) is 34.5. The van der Waals surface area contributed by atoms with Crippen molar-refractivity contribution in [3.63, 3.8) is 0 Å². The standard InChI is InChI=1S/C48H49BrN2O6Si/c1-48(2,3)58(37-17-9-5-10-18-37,38-19-11-6-12-20-38)57-31-34-29-39-45(47(56)51(46(39)55)36-15-7-4-8-16-36)40(30-52)44(34)43(54)24-22-32(41-21-13-14-26-50-41)27-33-28-35(49)23-25-42(33)53/h4-21,23,25-28,39-40,43,45,52-54H,22,24,29-31H2,1-3H3/b32-27-/t39-,40+,43-,45-/m1/s1. The maximum Gasteiger partial charge on any atom is 0.261 e. The van der Waals surface area contributed by atoms with Gasteiger partial charge in [-0.05, 0) is 99.9 Å². The third-order valence-electron chi connectivity index (χ3n) is 11.6. The van der Waals surface area contributed by atoms with Gasteiger partial charge in [-0.1, -0.05) is 122 Å². The van der Waals surface area contributed by atoms with E-state index in [0.717, 1.165) is 26.0 Å². The molecule has 0 saturated carbocycles. The van der Waals surface area contributed by atoms with Gasteiger partial charge in [-0.3, -0.25) is 19.5 Å². The topological polar surface area (TPSA) is 120 Å². The fourth-order valence-corrected chi connectivity index (χ4v) is 13.9. The number of amides is 2. The van der Waals surface area contributed by atoms with E-state index in [2.05, 4.69) is 66.0 Å². The number of carbonyl (C=O) groups is 2. The minimum absolute atomic E-state index is 0.0983. The molecule has 2 heterocycles.